The number of amides is 2. The van der Waals surface area contributed by atoms with Gasteiger partial charge >= 0.3 is 6.03 Å². The summed E-state index contributed by atoms with van der Waals surface area (Å²) in [7, 11) is 1.89. The number of urea groups is 1. The highest BCUT2D eigenvalue weighted by Gasteiger charge is 2.13. The Labute approximate surface area is 89.9 Å². The number of carbonyl (C=O) groups is 1. The first-order chi connectivity index (χ1) is 6.88. The predicted molar refractivity (Wildman–Crippen MR) is 58.3 cm³/mol. The summed E-state index contributed by atoms with van der Waals surface area (Å²) >= 11 is 0. The van der Waals surface area contributed by atoms with Crippen LogP contribution in [-0.4, -0.2) is 21.1 Å². The number of aromatic nitrogens is 2. The van der Waals surface area contributed by atoms with E-state index >= 15 is 0 Å². The molecule has 0 spiro atoms. The summed E-state index contributed by atoms with van der Waals surface area (Å²) in [6.45, 7) is 6.25. The third-order valence-corrected chi connectivity index (χ3v) is 1.82. The fourth-order valence-electron chi connectivity index (χ4n) is 1.11. The zero-order valence-corrected chi connectivity index (χ0v) is 9.66. The first kappa shape index (κ1) is 11.6. The summed E-state index contributed by atoms with van der Waals surface area (Å²) < 4.78 is 1.87. The smallest absolute Gasteiger partial charge is 0.315 e. The topological polar surface area (TPSA) is 59.0 Å². The molecule has 5 nitrogen and oxygen atoms in total. The highest BCUT2D eigenvalue weighted by Crippen LogP contribution is 1.98. The van der Waals surface area contributed by atoms with Gasteiger partial charge in [0.1, 0.15) is 5.82 Å². The summed E-state index contributed by atoms with van der Waals surface area (Å²) in [4.78, 5) is 15.5. The van der Waals surface area contributed by atoms with Crippen molar-refractivity contribution in [3.63, 3.8) is 0 Å². The van der Waals surface area contributed by atoms with Crippen molar-refractivity contribution in [1.29, 1.82) is 0 Å². The second-order valence-corrected chi connectivity index (χ2v) is 4.51. The van der Waals surface area contributed by atoms with Gasteiger partial charge in [0, 0.05) is 25.0 Å². The summed E-state index contributed by atoms with van der Waals surface area (Å²) in [5.74, 6) is 0.832. The molecule has 2 N–H and O–H groups in total. The molecule has 1 rings (SSSR count). The molecular weight excluding hydrogens is 192 g/mol. The average molecular weight is 210 g/mol. The van der Waals surface area contributed by atoms with Gasteiger partial charge in [0.05, 0.1) is 6.54 Å². The van der Waals surface area contributed by atoms with Crippen LogP contribution in [0.25, 0.3) is 0 Å². The molecule has 0 aromatic carbocycles. The molecule has 0 saturated heterocycles. The first-order valence-electron chi connectivity index (χ1n) is 4.91. The lowest BCUT2D eigenvalue weighted by Gasteiger charge is -2.20. The molecule has 0 atom stereocenters. The second kappa shape index (κ2) is 4.33. The molecular formula is C10H18N4O. The van der Waals surface area contributed by atoms with Crippen LogP contribution in [0.15, 0.2) is 12.4 Å². The van der Waals surface area contributed by atoms with Crippen molar-refractivity contribution < 1.29 is 4.79 Å². The minimum absolute atomic E-state index is 0.175. The Balaban J connectivity index is 2.38. The monoisotopic (exact) mass is 210 g/mol. The van der Waals surface area contributed by atoms with E-state index in [4.69, 9.17) is 0 Å². The van der Waals surface area contributed by atoms with Gasteiger partial charge in [-0.05, 0) is 20.8 Å². The fraction of sp³-hybridized carbons (Fsp3) is 0.600. The van der Waals surface area contributed by atoms with Crippen molar-refractivity contribution >= 4 is 6.03 Å². The van der Waals surface area contributed by atoms with Gasteiger partial charge in [-0.15, -0.1) is 0 Å². The van der Waals surface area contributed by atoms with Gasteiger partial charge in [-0.25, -0.2) is 9.78 Å². The summed E-state index contributed by atoms with van der Waals surface area (Å²) in [5, 5.41) is 5.56. The molecule has 15 heavy (non-hydrogen) atoms. The molecule has 0 unspecified atom stereocenters. The van der Waals surface area contributed by atoms with E-state index in [2.05, 4.69) is 15.6 Å². The molecule has 84 valence electrons. The minimum Gasteiger partial charge on any atom is -0.337 e. The average Bonchev–Trinajstić information content (AvgIpc) is 2.44. The van der Waals surface area contributed by atoms with E-state index in [9.17, 15) is 4.79 Å². The van der Waals surface area contributed by atoms with E-state index in [1.165, 1.54) is 0 Å². The van der Waals surface area contributed by atoms with E-state index in [0.717, 1.165) is 5.82 Å². The molecule has 0 bridgehead atoms. The zero-order chi connectivity index (χ0) is 11.5. The second-order valence-electron chi connectivity index (χ2n) is 4.51. The van der Waals surface area contributed by atoms with Crippen molar-refractivity contribution in [3.05, 3.63) is 18.2 Å². The predicted octanol–water partition coefficient (Wildman–Crippen LogP) is 1.02. The highest BCUT2D eigenvalue weighted by atomic mass is 16.2. The Morgan fingerprint density at radius 3 is 2.67 bits per heavy atom. The van der Waals surface area contributed by atoms with Crippen LogP contribution in [0.3, 0.4) is 0 Å². The lowest BCUT2D eigenvalue weighted by Crippen LogP contribution is -2.46. The lowest BCUT2D eigenvalue weighted by atomic mass is 10.1. The summed E-state index contributed by atoms with van der Waals surface area (Å²) in [6, 6.07) is -0.175. The maximum atomic E-state index is 11.4. The number of carbonyl (C=O) groups excluding carboxylic acids is 1. The van der Waals surface area contributed by atoms with Crippen LogP contribution < -0.4 is 10.6 Å². The maximum absolute atomic E-state index is 11.4. The van der Waals surface area contributed by atoms with Crippen molar-refractivity contribution in [2.75, 3.05) is 0 Å². The maximum Gasteiger partial charge on any atom is 0.315 e. The standard InChI is InChI=1S/C10H18N4O/c1-10(2,3)13-9(15)12-7-8-11-5-6-14(8)4/h5-6H,7H2,1-4H3,(H2,12,13,15). The van der Waals surface area contributed by atoms with Crippen LogP contribution in [0, 0.1) is 0 Å². The number of nitrogens with one attached hydrogen (secondary N) is 2. The minimum atomic E-state index is -0.217. The van der Waals surface area contributed by atoms with Gasteiger partial charge in [-0.3, -0.25) is 0 Å². The van der Waals surface area contributed by atoms with Crippen LogP contribution in [0.5, 0.6) is 0 Å². The van der Waals surface area contributed by atoms with Crippen molar-refractivity contribution in [3.8, 4) is 0 Å². The van der Waals surface area contributed by atoms with E-state index in [0.29, 0.717) is 6.54 Å². The third kappa shape index (κ3) is 4.01. The number of imidazole rings is 1. The molecule has 0 aliphatic heterocycles. The van der Waals surface area contributed by atoms with Crippen LogP contribution in [0.4, 0.5) is 4.79 Å². The zero-order valence-electron chi connectivity index (χ0n) is 9.66. The van der Waals surface area contributed by atoms with Gasteiger partial charge in [-0.1, -0.05) is 0 Å². The van der Waals surface area contributed by atoms with Gasteiger partial charge in [0.2, 0.25) is 0 Å². The van der Waals surface area contributed by atoms with E-state index in [1.54, 1.807) is 6.20 Å². The van der Waals surface area contributed by atoms with E-state index < -0.39 is 0 Å². The largest absolute Gasteiger partial charge is 0.337 e. The van der Waals surface area contributed by atoms with E-state index in [1.807, 2.05) is 38.6 Å². The molecule has 0 radical (unpaired) electrons. The van der Waals surface area contributed by atoms with Crippen LogP contribution in [0.2, 0.25) is 0 Å². The van der Waals surface area contributed by atoms with Crippen LogP contribution in [0.1, 0.15) is 26.6 Å². The number of aryl methyl sites for hydroxylation is 1. The van der Waals surface area contributed by atoms with Crippen LogP contribution in [-0.2, 0) is 13.6 Å². The quantitative estimate of drug-likeness (QED) is 0.765. The van der Waals surface area contributed by atoms with Crippen molar-refractivity contribution in [1.82, 2.24) is 20.2 Å². The Bertz CT molecular complexity index is 337. The lowest BCUT2D eigenvalue weighted by molar-refractivity contribution is 0.231. The Hall–Kier alpha value is -1.52. The molecule has 0 saturated carbocycles. The molecule has 0 fully saturated rings. The number of rotatable bonds is 2. The fourth-order valence-corrected chi connectivity index (χ4v) is 1.11. The number of hydrogen-bond acceptors (Lipinski definition) is 2. The summed E-state index contributed by atoms with van der Waals surface area (Å²) in [6.07, 6.45) is 3.55. The number of nitrogens with zero attached hydrogens (tertiary/aromatic N) is 2. The third-order valence-electron chi connectivity index (χ3n) is 1.82. The van der Waals surface area contributed by atoms with Crippen molar-refractivity contribution in [2.24, 2.45) is 7.05 Å². The molecule has 2 amide bonds. The van der Waals surface area contributed by atoms with Gasteiger partial charge in [0.25, 0.3) is 0 Å². The number of hydrogen-bond donors (Lipinski definition) is 2. The Morgan fingerprint density at radius 1 is 1.53 bits per heavy atom. The highest BCUT2D eigenvalue weighted by molar-refractivity contribution is 5.74. The van der Waals surface area contributed by atoms with Crippen LogP contribution >= 0.6 is 0 Å². The molecule has 0 aliphatic rings. The molecule has 5 heteroatoms. The normalized spacial score (nSPS) is 11.2. The SMILES string of the molecule is Cn1ccnc1CNC(=O)NC(C)(C)C. The Morgan fingerprint density at radius 2 is 2.20 bits per heavy atom. The molecule has 1 aromatic rings. The first-order valence-corrected chi connectivity index (χ1v) is 4.91. The summed E-state index contributed by atoms with van der Waals surface area (Å²) in [5.41, 5.74) is -0.217. The van der Waals surface area contributed by atoms with Gasteiger partial charge < -0.3 is 15.2 Å². The molecule has 0 aliphatic carbocycles. The molecule has 1 aromatic heterocycles. The van der Waals surface area contributed by atoms with Gasteiger partial charge in [-0.2, -0.15) is 0 Å². The van der Waals surface area contributed by atoms with E-state index in [-0.39, 0.29) is 11.6 Å². The van der Waals surface area contributed by atoms with Crippen molar-refractivity contribution in [2.45, 2.75) is 32.9 Å². The van der Waals surface area contributed by atoms with Gasteiger partial charge in [0.15, 0.2) is 0 Å². The Kier molecular flexibility index (Phi) is 3.34. The molecule has 1 heterocycles.